The van der Waals surface area contributed by atoms with Crippen LogP contribution in [-0.4, -0.2) is 35.4 Å². The van der Waals surface area contributed by atoms with E-state index in [1.165, 1.54) is 13.3 Å². The van der Waals surface area contributed by atoms with Crippen LogP contribution in [0.25, 0.3) is 5.69 Å². The maximum atomic E-state index is 12.3. The van der Waals surface area contributed by atoms with Gasteiger partial charge in [0.1, 0.15) is 11.3 Å². The number of benzene rings is 2. The molecule has 7 nitrogen and oxygen atoms in total. The number of methoxy groups -OCH3 is 1. The molecule has 2 aromatic carbocycles. The highest BCUT2D eigenvalue weighted by molar-refractivity contribution is 5.96. The number of nitrogens with one attached hydrogen (secondary N) is 1. The Hall–Kier alpha value is -3.61. The van der Waals surface area contributed by atoms with Crippen molar-refractivity contribution >= 4 is 17.6 Å². The lowest BCUT2D eigenvalue weighted by Crippen LogP contribution is -2.21. The van der Waals surface area contributed by atoms with E-state index >= 15 is 0 Å². The summed E-state index contributed by atoms with van der Waals surface area (Å²) in [5.74, 6) is -0.539. The molecule has 0 bridgehead atoms. The van der Waals surface area contributed by atoms with Gasteiger partial charge >= 0.3 is 5.97 Å². The Morgan fingerprint density at radius 2 is 1.78 bits per heavy atom. The van der Waals surface area contributed by atoms with Gasteiger partial charge in [0.25, 0.3) is 5.91 Å². The molecule has 0 saturated carbocycles. The second-order valence-corrected chi connectivity index (χ2v) is 5.72. The molecule has 0 aliphatic carbocycles. The number of carbonyl (C=O) groups excluding carboxylic acids is 2. The van der Waals surface area contributed by atoms with Crippen LogP contribution in [0.4, 0.5) is 5.69 Å². The monoisotopic (exact) mass is 365 g/mol. The van der Waals surface area contributed by atoms with Crippen LogP contribution in [0.1, 0.15) is 16.1 Å². The van der Waals surface area contributed by atoms with E-state index < -0.39 is 18.5 Å². The van der Waals surface area contributed by atoms with Crippen molar-refractivity contribution in [3.05, 3.63) is 72.1 Å². The molecule has 0 fully saturated rings. The van der Waals surface area contributed by atoms with Gasteiger partial charge in [0.2, 0.25) is 0 Å². The van der Waals surface area contributed by atoms with Crippen LogP contribution in [0.2, 0.25) is 0 Å². The number of aromatic nitrogens is 2. The Kier molecular flexibility index (Phi) is 5.51. The predicted molar refractivity (Wildman–Crippen MR) is 100 cm³/mol. The fraction of sp³-hybridized carbons (Fsp3) is 0.150. The number of nitrogens with zero attached hydrogens (tertiary/aromatic N) is 2. The van der Waals surface area contributed by atoms with Gasteiger partial charge in [-0.2, -0.15) is 5.10 Å². The van der Waals surface area contributed by atoms with Crippen LogP contribution >= 0.6 is 0 Å². The third kappa shape index (κ3) is 4.14. The fourth-order valence-electron chi connectivity index (χ4n) is 2.58. The van der Waals surface area contributed by atoms with Crippen molar-refractivity contribution in [3.63, 3.8) is 0 Å². The minimum Gasteiger partial charge on any atom is -0.495 e. The smallest absolute Gasteiger partial charge is 0.342 e. The molecule has 0 aliphatic rings. The van der Waals surface area contributed by atoms with Gasteiger partial charge < -0.3 is 14.8 Å². The number of anilines is 1. The maximum Gasteiger partial charge on any atom is 0.342 e. The normalized spacial score (nSPS) is 10.3. The quantitative estimate of drug-likeness (QED) is 0.679. The first kappa shape index (κ1) is 18.2. The van der Waals surface area contributed by atoms with Crippen LogP contribution in [0, 0.1) is 6.92 Å². The predicted octanol–water partition coefficient (Wildman–Crippen LogP) is 2.98. The molecule has 0 saturated heterocycles. The van der Waals surface area contributed by atoms with Crippen molar-refractivity contribution in [2.75, 3.05) is 19.0 Å². The molecule has 138 valence electrons. The second-order valence-electron chi connectivity index (χ2n) is 5.72. The van der Waals surface area contributed by atoms with E-state index in [1.54, 1.807) is 35.9 Å². The van der Waals surface area contributed by atoms with Crippen molar-refractivity contribution in [2.45, 2.75) is 6.92 Å². The maximum absolute atomic E-state index is 12.3. The molecule has 7 heteroatoms. The highest BCUT2D eigenvalue weighted by Gasteiger charge is 2.18. The van der Waals surface area contributed by atoms with Crippen molar-refractivity contribution in [1.82, 2.24) is 9.78 Å². The molecule has 3 rings (SSSR count). The van der Waals surface area contributed by atoms with Crippen LogP contribution in [0.3, 0.4) is 0 Å². The summed E-state index contributed by atoms with van der Waals surface area (Å²) in [7, 11) is 1.51. The first-order chi connectivity index (χ1) is 13.1. The molecule has 1 N–H and O–H groups in total. The molecule has 27 heavy (non-hydrogen) atoms. The van der Waals surface area contributed by atoms with E-state index in [2.05, 4.69) is 10.4 Å². The number of hydrogen-bond acceptors (Lipinski definition) is 5. The molecule has 0 aliphatic heterocycles. The molecule has 3 aromatic rings. The van der Waals surface area contributed by atoms with Gasteiger partial charge in [0.15, 0.2) is 6.61 Å². The van der Waals surface area contributed by atoms with Crippen LogP contribution in [0.5, 0.6) is 5.75 Å². The highest BCUT2D eigenvalue weighted by atomic mass is 16.5. The highest BCUT2D eigenvalue weighted by Crippen LogP contribution is 2.22. The van der Waals surface area contributed by atoms with Gasteiger partial charge in [-0.3, -0.25) is 4.79 Å². The third-order valence-corrected chi connectivity index (χ3v) is 3.95. The molecular formula is C20H19N3O4. The number of amides is 1. The average Bonchev–Trinajstić information content (AvgIpc) is 3.08. The number of rotatable bonds is 6. The van der Waals surface area contributed by atoms with E-state index in [0.29, 0.717) is 22.7 Å². The summed E-state index contributed by atoms with van der Waals surface area (Å²) in [5, 5.41) is 6.88. The molecule has 0 radical (unpaired) electrons. The number of esters is 1. The van der Waals surface area contributed by atoms with Crippen LogP contribution in [0.15, 0.2) is 60.8 Å². The Balaban J connectivity index is 1.63. The van der Waals surface area contributed by atoms with Crippen molar-refractivity contribution in [1.29, 1.82) is 0 Å². The number of para-hydroxylation sites is 3. The summed E-state index contributed by atoms with van der Waals surface area (Å²) in [5.41, 5.74) is 2.29. The number of ether oxygens (including phenoxy) is 2. The van der Waals surface area contributed by atoms with Gasteiger partial charge in [0, 0.05) is 0 Å². The molecule has 0 atom stereocenters. The SMILES string of the molecule is COc1ccccc1NC(=O)COC(=O)c1cnn(-c2ccccc2)c1C. The number of hydrogen-bond donors (Lipinski definition) is 1. The summed E-state index contributed by atoms with van der Waals surface area (Å²) < 4.78 is 11.9. The Bertz CT molecular complexity index is 951. The van der Waals surface area contributed by atoms with Crippen molar-refractivity contribution < 1.29 is 19.1 Å². The lowest BCUT2D eigenvalue weighted by Gasteiger charge is -2.10. The van der Waals surface area contributed by atoms with E-state index in [1.807, 2.05) is 30.3 Å². The summed E-state index contributed by atoms with van der Waals surface area (Å²) in [4.78, 5) is 24.4. The Labute approximate surface area is 156 Å². The fourth-order valence-corrected chi connectivity index (χ4v) is 2.58. The Morgan fingerprint density at radius 1 is 1.07 bits per heavy atom. The van der Waals surface area contributed by atoms with E-state index in [0.717, 1.165) is 5.69 Å². The molecule has 0 spiro atoms. The zero-order valence-corrected chi connectivity index (χ0v) is 15.0. The molecular weight excluding hydrogens is 346 g/mol. The molecule has 1 aromatic heterocycles. The standard InChI is InChI=1S/C20H19N3O4/c1-14-16(12-21-23(14)15-8-4-3-5-9-15)20(25)27-13-19(24)22-17-10-6-7-11-18(17)26-2/h3-12H,13H2,1-2H3,(H,22,24). The molecule has 1 amide bonds. The largest absolute Gasteiger partial charge is 0.495 e. The van der Waals surface area contributed by atoms with Gasteiger partial charge in [-0.25, -0.2) is 9.48 Å². The van der Waals surface area contributed by atoms with E-state index in [-0.39, 0.29) is 0 Å². The molecule has 1 heterocycles. The van der Waals surface area contributed by atoms with E-state index in [9.17, 15) is 9.59 Å². The minimum absolute atomic E-state index is 0.309. The summed E-state index contributed by atoms with van der Waals surface area (Å²) in [6, 6.07) is 16.4. The third-order valence-electron chi connectivity index (χ3n) is 3.95. The summed E-state index contributed by atoms with van der Waals surface area (Å²) >= 11 is 0. The Morgan fingerprint density at radius 3 is 2.52 bits per heavy atom. The van der Waals surface area contributed by atoms with Crippen LogP contribution < -0.4 is 10.1 Å². The minimum atomic E-state index is -0.607. The van der Waals surface area contributed by atoms with Crippen LogP contribution in [-0.2, 0) is 9.53 Å². The lowest BCUT2D eigenvalue weighted by atomic mass is 10.2. The second kappa shape index (κ2) is 8.18. The topological polar surface area (TPSA) is 82.4 Å². The van der Waals surface area contributed by atoms with Gasteiger partial charge in [-0.15, -0.1) is 0 Å². The van der Waals surface area contributed by atoms with Gasteiger partial charge in [-0.05, 0) is 31.2 Å². The average molecular weight is 365 g/mol. The zero-order valence-electron chi connectivity index (χ0n) is 15.0. The first-order valence-corrected chi connectivity index (χ1v) is 8.30. The van der Waals surface area contributed by atoms with Gasteiger partial charge in [-0.1, -0.05) is 30.3 Å². The summed E-state index contributed by atoms with van der Waals surface area (Å²) in [6.45, 7) is 1.36. The van der Waals surface area contributed by atoms with Crippen molar-refractivity contribution in [3.8, 4) is 11.4 Å². The van der Waals surface area contributed by atoms with Gasteiger partial charge in [0.05, 0.1) is 30.4 Å². The zero-order chi connectivity index (χ0) is 19.2. The number of carbonyl (C=O) groups is 2. The summed E-state index contributed by atoms with van der Waals surface area (Å²) in [6.07, 6.45) is 1.43. The van der Waals surface area contributed by atoms with E-state index in [4.69, 9.17) is 9.47 Å². The molecule has 0 unspecified atom stereocenters. The van der Waals surface area contributed by atoms with Crippen molar-refractivity contribution in [2.24, 2.45) is 0 Å². The lowest BCUT2D eigenvalue weighted by molar-refractivity contribution is -0.119. The first-order valence-electron chi connectivity index (χ1n) is 8.30.